The lowest BCUT2D eigenvalue weighted by atomic mass is 10.4. The zero-order chi connectivity index (χ0) is 18.9. The molecule has 0 saturated carbocycles. The van der Waals surface area contributed by atoms with Gasteiger partial charge >= 0.3 is 5.69 Å². The number of nitrogens with one attached hydrogen (secondary N) is 1. The predicted molar refractivity (Wildman–Crippen MR) is 94.1 cm³/mol. The van der Waals surface area contributed by atoms with Gasteiger partial charge in [0.05, 0.1) is 18.4 Å². The van der Waals surface area contributed by atoms with Crippen LogP contribution in [0.1, 0.15) is 5.69 Å². The van der Waals surface area contributed by atoms with Crippen LogP contribution >= 0.6 is 11.3 Å². The molecule has 1 N–H and O–H groups in total. The van der Waals surface area contributed by atoms with Crippen molar-refractivity contribution in [2.45, 2.75) is 11.4 Å². The van der Waals surface area contributed by atoms with E-state index in [1.807, 2.05) is 0 Å². The zero-order valence-electron chi connectivity index (χ0n) is 13.8. The molecule has 3 aromatic rings. The molecule has 0 bridgehead atoms. The molecule has 0 saturated heterocycles. The molecule has 0 atom stereocenters. The molecule has 0 spiro atoms. The average molecular weight is 394 g/mol. The maximum absolute atomic E-state index is 12.4. The molecule has 0 radical (unpaired) electrons. The maximum atomic E-state index is 12.4. The average Bonchev–Trinajstić information content (AvgIpc) is 3.11. The number of nitrogens with zero attached hydrogens (tertiary/aromatic N) is 5. The molecule has 3 heterocycles. The van der Waals surface area contributed by atoms with Crippen LogP contribution in [-0.4, -0.2) is 32.5 Å². The van der Waals surface area contributed by atoms with Gasteiger partial charge in [-0.25, -0.2) is 22.9 Å². The van der Waals surface area contributed by atoms with Crippen LogP contribution < -0.4 is 16.0 Å². The third kappa shape index (κ3) is 3.47. The van der Waals surface area contributed by atoms with Crippen LogP contribution in [0.3, 0.4) is 0 Å². The molecule has 3 rings (SSSR count). The van der Waals surface area contributed by atoms with Crippen LogP contribution in [0, 0.1) is 0 Å². The summed E-state index contributed by atoms with van der Waals surface area (Å²) in [5.74, 6) is 0. The van der Waals surface area contributed by atoms with Gasteiger partial charge in [0.1, 0.15) is 10.7 Å². The largest absolute Gasteiger partial charge is 0.330 e. The molecule has 10 nitrogen and oxygen atoms in total. The Morgan fingerprint density at radius 3 is 2.69 bits per heavy atom. The Hall–Kier alpha value is -2.70. The van der Waals surface area contributed by atoms with Crippen molar-refractivity contribution < 1.29 is 8.42 Å². The first-order chi connectivity index (χ1) is 12.3. The smallest absolute Gasteiger partial charge is 0.302 e. The summed E-state index contributed by atoms with van der Waals surface area (Å²) in [4.78, 5) is 35.6. The SMILES string of the molecule is Cn1cc(S(=O)(=O)NCc2csc(-c3cnccn3)n2)c(=O)n(C)c1=O. The number of aromatic nitrogens is 5. The zero-order valence-corrected chi connectivity index (χ0v) is 15.4. The van der Waals surface area contributed by atoms with E-state index < -0.39 is 26.2 Å². The van der Waals surface area contributed by atoms with Crippen molar-refractivity contribution in [3.05, 3.63) is 56.7 Å². The maximum Gasteiger partial charge on any atom is 0.330 e. The quantitative estimate of drug-likeness (QED) is 0.616. The van der Waals surface area contributed by atoms with Crippen molar-refractivity contribution in [2.24, 2.45) is 14.1 Å². The van der Waals surface area contributed by atoms with Crippen LogP contribution in [0.2, 0.25) is 0 Å². The highest BCUT2D eigenvalue weighted by molar-refractivity contribution is 7.89. The minimum atomic E-state index is -4.11. The first-order valence-corrected chi connectivity index (χ1v) is 9.63. The number of thiazole rings is 1. The minimum Gasteiger partial charge on any atom is -0.302 e. The van der Waals surface area contributed by atoms with Crippen molar-refractivity contribution >= 4 is 21.4 Å². The monoisotopic (exact) mass is 394 g/mol. The summed E-state index contributed by atoms with van der Waals surface area (Å²) in [5, 5.41) is 2.29. The van der Waals surface area contributed by atoms with E-state index in [9.17, 15) is 18.0 Å². The Labute approximate surface area is 151 Å². The fraction of sp³-hybridized carbons (Fsp3) is 0.214. The molecular weight excluding hydrogens is 380 g/mol. The highest BCUT2D eigenvalue weighted by Crippen LogP contribution is 2.20. The van der Waals surface area contributed by atoms with E-state index in [-0.39, 0.29) is 6.54 Å². The van der Waals surface area contributed by atoms with Crippen LogP contribution in [-0.2, 0) is 30.7 Å². The topological polar surface area (TPSA) is 129 Å². The van der Waals surface area contributed by atoms with Gasteiger partial charge in [0.25, 0.3) is 5.56 Å². The molecule has 12 heteroatoms. The first-order valence-electron chi connectivity index (χ1n) is 7.26. The van der Waals surface area contributed by atoms with Crippen molar-refractivity contribution in [1.29, 1.82) is 0 Å². The number of aryl methyl sites for hydroxylation is 1. The highest BCUT2D eigenvalue weighted by atomic mass is 32.2. The van der Waals surface area contributed by atoms with E-state index in [4.69, 9.17) is 0 Å². The van der Waals surface area contributed by atoms with Gasteiger partial charge in [0.15, 0.2) is 4.90 Å². The van der Waals surface area contributed by atoms with Crippen LogP contribution in [0.25, 0.3) is 10.7 Å². The molecule has 0 aliphatic carbocycles. The lowest BCUT2D eigenvalue weighted by molar-refractivity contribution is 0.570. The molecule has 26 heavy (non-hydrogen) atoms. The summed E-state index contributed by atoms with van der Waals surface area (Å²) in [6.45, 7) is -0.106. The summed E-state index contributed by atoms with van der Waals surface area (Å²) in [7, 11) is -1.52. The number of sulfonamides is 1. The Kier molecular flexibility index (Phi) is 4.80. The molecule has 0 fully saturated rings. The van der Waals surface area contributed by atoms with Crippen LogP contribution in [0.4, 0.5) is 0 Å². The van der Waals surface area contributed by atoms with Gasteiger partial charge in [0.2, 0.25) is 10.0 Å². The van der Waals surface area contributed by atoms with E-state index in [0.717, 1.165) is 15.3 Å². The summed E-state index contributed by atoms with van der Waals surface area (Å²) in [6.07, 6.45) is 5.63. The van der Waals surface area contributed by atoms with E-state index in [0.29, 0.717) is 16.4 Å². The second-order valence-corrected chi connectivity index (χ2v) is 7.90. The van der Waals surface area contributed by atoms with E-state index in [1.165, 1.54) is 31.6 Å². The van der Waals surface area contributed by atoms with Gasteiger partial charge in [0, 0.05) is 38.1 Å². The van der Waals surface area contributed by atoms with Gasteiger partial charge in [-0.3, -0.25) is 19.3 Å². The van der Waals surface area contributed by atoms with Crippen molar-refractivity contribution in [3.63, 3.8) is 0 Å². The molecule has 136 valence electrons. The molecular formula is C14H14N6O4S2. The van der Waals surface area contributed by atoms with Gasteiger partial charge in [-0.2, -0.15) is 0 Å². The van der Waals surface area contributed by atoms with Gasteiger partial charge < -0.3 is 4.57 Å². The van der Waals surface area contributed by atoms with Gasteiger partial charge in [-0.05, 0) is 0 Å². The third-order valence-corrected chi connectivity index (χ3v) is 5.78. The van der Waals surface area contributed by atoms with E-state index in [1.54, 1.807) is 17.8 Å². The Morgan fingerprint density at radius 2 is 2.00 bits per heavy atom. The predicted octanol–water partition coefficient (Wildman–Crippen LogP) is -0.524. The van der Waals surface area contributed by atoms with E-state index in [2.05, 4.69) is 19.7 Å². The Bertz CT molecular complexity index is 1160. The lowest BCUT2D eigenvalue weighted by Gasteiger charge is -2.08. The van der Waals surface area contributed by atoms with Crippen LogP contribution in [0.5, 0.6) is 0 Å². The standard InChI is InChI=1S/C14H14N6O4S2/c1-19-7-11(13(21)20(2)14(19)22)26(23,24)17-5-9-8-25-12(18-9)10-6-15-3-4-16-10/h3-4,6-8,17H,5H2,1-2H3. The first kappa shape index (κ1) is 18.1. The molecule has 0 aliphatic rings. The normalized spacial score (nSPS) is 11.6. The summed E-state index contributed by atoms with van der Waals surface area (Å²) in [6, 6.07) is 0. The van der Waals surface area contributed by atoms with Gasteiger partial charge in [-0.1, -0.05) is 0 Å². The van der Waals surface area contributed by atoms with Gasteiger partial charge in [-0.15, -0.1) is 11.3 Å². The fourth-order valence-corrected chi connectivity index (χ4v) is 4.06. The Balaban J connectivity index is 1.83. The third-order valence-electron chi connectivity index (χ3n) is 3.48. The summed E-state index contributed by atoms with van der Waals surface area (Å²) >= 11 is 1.30. The number of rotatable bonds is 5. The fourth-order valence-electron chi connectivity index (χ4n) is 2.12. The molecule has 0 aromatic carbocycles. The second-order valence-electron chi connectivity index (χ2n) is 5.31. The second kappa shape index (κ2) is 6.90. The van der Waals surface area contributed by atoms with Crippen molar-refractivity contribution in [1.82, 2.24) is 28.8 Å². The summed E-state index contributed by atoms with van der Waals surface area (Å²) < 4.78 is 29.0. The van der Waals surface area contributed by atoms with Crippen molar-refractivity contribution in [2.75, 3.05) is 0 Å². The molecule has 3 aromatic heterocycles. The van der Waals surface area contributed by atoms with E-state index >= 15 is 0 Å². The number of hydrogen-bond donors (Lipinski definition) is 1. The number of hydrogen-bond acceptors (Lipinski definition) is 8. The minimum absolute atomic E-state index is 0.106. The lowest BCUT2D eigenvalue weighted by Crippen LogP contribution is -2.41. The molecule has 0 amide bonds. The molecule has 0 aliphatic heterocycles. The molecule has 0 unspecified atom stereocenters. The highest BCUT2D eigenvalue weighted by Gasteiger charge is 2.21. The van der Waals surface area contributed by atoms with Crippen molar-refractivity contribution in [3.8, 4) is 10.7 Å². The van der Waals surface area contributed by atoms with Crippen LogP contribution in [0.15, 0.2) is 44.7 Å². The summed E-state index contributed by atoms with van der Waals surface area (Å²) in [5.41, 5.74) is -0.444. The Morgan fingerprint density at radius 1 is 1.23 bits per heavy atom.